The molecule has 3 aromatic rings. The Bertz CT molecular complexity index is 1130. The molecule has 8 heteroatoms. The van der Waals surface area contributed by atoms with Gasteiger partial charge in [0.25, 0.3) is 5.91 Å². The number of carbonyl (C=O) groups excluding carboxylic acids is 1. The van der Waals surface area contributed by atoms with Crippen LogP contribution in [0.4, 0.5) is 10.2 Å². The van der Waals surface area contributed by atoms with Gasteiger partial charge in [-0.1, -0.05) is 12.1 Å². The number of anilines is 1. The largest absolute Gasteiger partial charge is 0.487 e. The van der Waals surface area contributed by atoms with E-state index in [0.717, 1.165) is 12.8 Å². The van der Waals surface area contributed by atoms with E-state index >= 15 is 0 Å². The lowest BCUT2D eigenvalue weighted by atomic mass is 10.0. The maximum Gasteiger partial charge on any atom is 0.258 e. The van der Waals surface area contributed by atoms with Crippen molar-refractivity contribution in [1.29, 1.82) is 0 Å². The molecule has 1 aliphatic heterocycles. The van der Waals surface area contributed by atoms with E-state index in [4.69, 9.17) is 9.15 Å². The molecule has 0 bridgehead atoms. The molecule has 1 N–H and O–H groups in total. The summed E-state index contributed by atoms with van der Waals surface area (Å²) in [4.78, 5) is 23.8. The second-order valence-electron chi connectivity index (χ2n) is 8.66. The van der Waals surface area contributed by atoms with E-state index in [1.165, 1.54) is 12.4 Å². The van der Waals surface area contributed by atoms with Crippen LogP contribution in [-0.2, 0) is 0 Å². The number of benzene rings is 1. The first-order chi connectivity index (χ1) is 14.9. The zero-order valence-corrected chi connectivity index (χ0v) is 17.7. The molecule has 1 amide bonds. The number of likely N-dealkylation sites (tertiary alicyclic amines) is 1. The molecule has 0 unspecified atom stereocenters. The van der Waals surface area contributed by atoms with Crippen LogP contribution in [0.3, 0.4) is 0 Å². The summed E-state index contributed by atoms with van der Waals surface area (Å²) >= 11 is 0. The molecule has 2 aromatic heterocycles. The SMILES string of the molecule is Cc1oc2ncnc(NC3(C)CC3)c2c1C(=O)N1CCC(Oc2ccccc2F)CC1. The standard InChI is InChI=1S/C23H25FN4O3/c1-14-18(19-20(27-23(2)9-10-23)25-13-26-21(19)30-14)22(29)28-11-7-15(8-12-28)31-17-6-4-3-5-16(17)24/h3-6,13,15H,7-12H2,1-2H3,(H,25,26,27). The average molecular weight is 424 g/mol. The van der Waals surface area contributed by atoms with Crippen LogP contribution in [0.1, 0.15) is 48.7 Å². The molecular weight excluding hydrogens is 399 g/mol. The van der Waals surface area contributed by atoms with Gasteiger partial charge in [-0.05, 0) is 38.8 Å². The molecular formula is C23H25FN4O3. The van der Waals surface area contributed by atoms with E-state index < -0.39 is 0 Å². The first kappa shape index (κ1) is 19.8. The topological polar surface area (TPSA) is 80.5 Å². The Kier molecular flexibility index (Phi) is 4.79. The summed E-state index contributed by atoms with van der Waals surface area (Å²) in [5.74, 6) is 0.966. The predicted octanol–water partition coefficient (Wildman–Crippen LogP) is 4.32. The van der Waals surface area contributed by atoms with Gasteiger partial charge in [0.2, 0.25) is 5.71 Å². The Balaban J connectivity index is 1.34. The summed E-state index contributed by atoms with van der Waals surface area (Å²) in [5, 5.41) is 4.09. The molecule has 0 spiro atoms. The molecule has 2 fully saturated rings. The maximum absolute atomic E-state index is 13.9. The number of ether oxygens (including phenoxy) is 1. The Morgan fingerprint density at radius 1 is 1.26 bits per heavy atom. The van der Waals surface area contributed by atoms with Gasteiger partial charge in [-0.15, -0.1) is 0 Å². The molecule has 5 rings (SSSR count). The summed E-state index contributed by atoms with van der Waals surface area (Å²) in [6.07, 6.45) is 4.73. The number of rotatable bonds is 5. The monoisotopic (exact) mass is 424 g/mol. The van der Waals surface area contributed by atoms with Gasteiger partial charge in [0.05, 0.1) is 10.9 Å². The fourth-order valence-corrected chi connectivity index (χ4v) is 4.05. The second-order valence-corrected chi connectivity index (χ2v) is 8.66. The van der Waals surface area contributed by atoms with E-state index in [-0.39, 0.29) is 29.1 Å². The fourth-order valence-electron chi connectivity index (χ4n) is 4.05. The lowest BCUT2D eigenvalue weighted by Crippen LogP contribution is -2.42. The Labute approximate surface area is 179 Å². The van der Waals surface area contributed by atoms with Crippen molar-refractivity contribution >= 4 is 22.8 Å². The van der Waals surface area contributed by atoms with Gasteiger partial charge in [-0.3, -0.25) is 4.79 Å². The van der Waals surface area contributed by atoms with Gasteiger partial charge in [-0.2, -0.15) is 0 Å². The van der Waals surface area contributed by atoms with Crippen LogP contribution < -0.4 is 10.1 Å². The van der Waals surface area contributed by atoms with Gasteiger partial charge in [0.15, 0.2) is 11.6 Å². The number of aryl methyl sites for hydroxylation is 1. The molecule has 0 radical (unpaired) electrons. The summed E-state index contributed by atoms with van der Waals surface area (Å²) in [6.45, 7) is 4.97. The van der Waals surface area contributed by atoms with Crippen LogP contribution in [0.15, 0.2) is 35.0 Å². The van der Waals surface area contributed by atoms with Crippen LogP contribution in [0.25, 0.3) is 11.1 Å². The number of aromatic nitrogens is 2. The van der Waals surface area contributed by atoms with Crippen molar-refractivity contribution < 1.29 is 18.3 Å². The van der Waals surface area contributed by atoms with E-state index in [2.05, 4.69) is 22.2 Å². The van der Waals surface area contributed by atoms with E-state index in [1.807, 2.05) is 0 Å². The quantitative estimate of drug-likeness (QED) is 0.657. The van der Waals surface area contributed by atoms with Crippen LogP contribution in [0.2, 0.25) is 0 Å². The summed E-state index contributed by atoms with van der Waals surface area (Å²) in [7, 11) is 0. The number of hydrogen-bond acceptors (Lipinski definition) is 6. The number of furan rings is 1. The smallest absolute Gasteiger partial charge is 0.258 e. The van der Waals surface area contributed by atoms with Crippen molar-refractivity contribution in [3.8, 4) is 5.75 Å². The first-order valence-corrected chi connectivity index (χ1v) is 10.7. The highest BCUT2D eigenvalue weighted by Gasteiger charge is 2.39. The van der Waals surface area contributed by atoms with Crippen molar-refractivity contribution in [3.05, 3.63) is 47.7 Å². The van der Waals surface area contributed by atoms with Gasteiger partial charge < -0.3 is 19.4 Å². The van der Waals surface area contributed by atoms with Crippen LogP contribution in [-0.4, -0.2) is 45.5 Å². The van der Waals surface area contributed by atoms with Crippen LogP contribution >= 0.6 is 0 Å². The van der Waals surface area contributed by atoms with Gasteiger partial charge >= 0.3 is 0 Å². The van der Waals surface area contributed by atoms with Crippen molar-refractivity contribution in [3.63, 3.8) is 0 Å². The molecule has 1 aliphatic carbocycles. The average Bonchev–Trinajstić information content (AvgIpc) is 3.38. The molecule has 3 heterocycles. The first-order valence-electron chi connectivity index (χ1n) is 10.7. The zero-order valence-electron chi connectivity index (χ0n) is 17.7. The number of halogens is 1. The van der Waals surface area contributed by atoms with E-state index in [1.54, 1.807) is 30.0 Å². The van der Waals surface area contributed by atoms with Crippen molar-refractivity contribution in [2.45, 2.75) is 51.2 Å². The fraction of sp³-hybridized carbons (Fsp3) is 0.435. The lowest BCUT2D eigenvalue weighted by Gasteiger charge is -2.32. The Hall–Kier alpha value is -3.16. The number of nitrogens with one attached hydrogen (secondary N) is 1. The predicted molar refractivity (Wildman–Crippen MR) is 114 cm³/mol. The molecule has 2 aliphatic rings. The molecule has 31 heavy (non-hydrogen) atoms. The summed E-state index contributed by atoms with van der Waals surface area (Å²) < 4.78 is 25.5. The molecule has 1 saturated carbocycles. The number of amides is 1. The molecule has 1 aromatic carbocycles. The Morgan fingerprint density at radius 2 is 2.00 bits per heavy atom. The molecule has 162 valence electrons. The Morgan fingerprint density at radius 3 is 2.71 bits per heavy atom. The summed E-state index contributed by atoms with van der Waals surface area (Å²) in [5.41, 5.74) is 0.936. The molecule has 7 nitrogen and oxygen atoms in total. The number of fused-ring (bicyclic) bond motifs is 1. The number of hydrogen-bond donors (Lipinski definition) is 1. The van der Waals surface area contributed by atoms with Crippen LogP contribution in [0, 0.1) is 12.7 Å². The normalized spacial score (nSPS) is 18.2. The lowest BCUT2D eigenvalue weighted by molar-refractivity contribution is 0.0588. The third-order valence-corrected chi connectivity index (χ3v) is 6.16. The minimum Gasteiger partial charge on any atom is -0.487 e. The van der Waals surface area contributed by atoms with Crippen molar-refractivity contribution in [2.75, 3.05) is 18.4 Å². The molecule has 0 atom stereocenters. The maximum atomic E-state index is 13.9. The van der Waals surface area contributed by atoms with E-state index in [9.17, 15) is 9.18 Å². The minimum absolute atomic E-state index is 0.00910. The van der Waals surface area contributed by atoms with Crippen LogP contribution in [0.5, 0.6) is 5.75 Å². The van der Waals surface area contributed by atoms with Crippen molar-refractivity contribution in [1.82, 2.24) is 14.9 Å². The van der Waals surface area contributed by atoms with E-state index in [0.29, 0.717) is 54.2 Å². The van der Waals surface area contributed by atoms with Gasteiger partial charge in [-0.25, -0.2) is 14.4 Å². The zero-order chi connectivity index (χ0) is 21.6. The summed E-state index contributed by atoms with van der Waals surface area (Å²) in [6, 6.07) is 6.40. The highest BCUT2D eigenvalue weighted by molar-refractivity contribution is 6.10. The third kappa shape index (κ3) is 3.82. The highest BCUT2D eigenvalue weighted by atomic mass is 19.1. The molecule has 1 saturated heterocycles. The van der Waals surface area contributed by atoms with Crippen molar-refractivity contribution in [2.24, 2.45) is 0 Å². The number of carbonyl (C=O) groups is 1. The minimum atomic E-state index is -0.370. The number of para-hydroxylation sites is 1. The highest BCUT2D eigenvalue weighted by Crippen LogP contribution is 2.40. The number of nitrogens with zero attached hydrogens (tertiary/aromatic N) is 3. The third-order valence-electron chi connectivity index (χ3n) is 6.16. The second kappa shape index (κ2) is 7.51. The number of piperidine rings is 1. The van der Waals surface area contributed by atoms with Gasteiger partial charge in [0, 0.05) is 31.5 Å². The van der Waals surface area contributed by atoms with Gasteiger partial charge in [0.1, 0.15) is 24.0 Å².